The van der Waals surface area contributed by atoms with Crippen LogP contribution in [0, 0.1) is 0 Å². The van der Waals surface area contributed by atoms with Crippen LogP contribution in [0.15, 0.2) is 47.6 Å². The van der Waals surface area contributed by atoms with E-state index in [1.807, 2.05) is 19.9 Å². The molecule has 0 aliphatic heterocycles. The maximum Gasteiger partial charge on any atom is 0.330 e. The minimum atomic E-state index is -0.280. The van der Waals surface area contributed by atoms with Crippen molar-refractivity contribution >= 4 is 5.97 Å². The quantitative estimate of drug-likeness (QED) is 0.290. The van der Waals surface area contributed by atoms with Crippen molar-refractivity contribution < 1.29 is 9.53 Å². The predicted octanol–water partition coefficient (Wildman–Crippen LogP) is 4.35. The lowest BCUT2D eigenvalue weighted by molar-refractivity contribution is -0.134. The number of esters is 1. The maximum atomic E-state index is 11.0. The zero-order chi connectivity index (χ0) is 14.0. The van der Waals surface area contributed by atoms with Crippen molar-refractivity contribution in [2.24, 2.45) is 0 Å². The van der Waals surface area contributed by atoms with Gasteiger partial charge in [-0.25, -0.2) is 4.79 Å². The van der Waals surface area contributed by atoms with Crippen molar-refractivity contribution in [3.05, 3.63) is 47.6 Å². The normalized spacial score (nSPS) is 12.9. The molecule has 0 aromatic heterocycles. The first kappa shape index (κ1) is 16.4. The third-order valence-electron chi connectivity index (χ3n) is 2.44. The summed E-state index contributed by atoms with van der Waals surface area (Å²) in [5.41, 5.74) is 3.45. The molecular weight excluding hydrogens is 224 g/mol. The fourth-order valence-corrected chi connectivity index (χ4v) is 1.41. The van der Waals surface area contributed by atoms with Crippen molar-refractivity contribution in [3.8, 4) is 0 Å². The summed E-state index contributed by atoms with van der Waals surface area (Å²) >= 11 is 0. The monoisotopic (exact) mass is 248 g/mol. The molecule has 100 valence electrons. The second kappa shape index (κ2) is 9.46. The SMILES string of the molecule is C=C(C)C=CCC(C)=CCCC(C)=CC(=O)OC. The standard InChI is InChI=1S/C16H24O2/c1-13(2)8-6-9-14(3)10-7-11-15(4)12-16(17)18-5/h6,8,10,12H,1,7,9,11H2,2-5H3. The topological polar surface area (TPSA) is 26.3 Å². The Labute approximate surface area is 111 Å². The molecule has 0 aromatic carbocycles. The molecule has 0 spiro atoms. The summed E-state index contributed by atoms with van der Waals surface area (Å²) in [6.07, 6.45) is 10.7. The van der Waals surface area contributed by atoms with Gasteiger partial charge in [0, 0.05) is 6.08 Å². The van der Waals surface area contributed by atoms with Crippen LogP contribution < -0.4 is 0 Å². The molecule has 0 aliphatic carbocycles. The first-order valence-electron chi connectivity index (χ1n) is 6.18. The molecule has 0 bridgehead atoms. The number of carbonyl (C=O) groups excluding carboxylic acids is 1. The minimum Gasteiger partial charge on any atom is -0.466 e. The molecule has 0 saturated heterocycles. The van der Waals surface area contributed by atoms with E-state index in [-0.39, 0.29) is 5.97 Å². The Morgan fingerprint density at radius 3 is 2.44 bits per heavy atom. The van der Waals surface area contributed by atoms with E-state index in [0.717, 1.165) is 30.4 Å². The van der Waals surface area contributed by atoms with Gasteiger partial charge in [0.1, 0.15) is 0 Å². The summed E-state index contributed by atoms with van der Waals surface area (Å²) in [5.74, 6) is -0.280. The lowest BCUT2D eigenvalue weighted by atomic mass is 10.1. The van der Waals surface area contributed by atoms with Gasteiger partial charge in [0.15, 0.2) is 0 Å². The highest BCUT2D eigenvalue weighted by atomic mass is 16.5. The fourth-order valence-electron chi connectivity index (χ4n) is 1.41. The smallest absolute Gasteiger partial charge is 0.330 e. The Kier molecular flexibility index (Phi) is 8.63. The number of allylic oxidation sites excluding steroid dienone is 6. The van der Waals surface area contributed by atoms with Gasteiger partial charge in [-0.15, -0.1) is 0 Å². The number of rotatable bonds is 7. The van der Waals surface area contributed by atoms with Gasteiger partial charge in [0.25, 0.3) is 0 Å². The van der Waals surface area contributed by atoms with Crippen LogP contribution in [-0.4, -0.2) is 13.1 Å². The van der Waals surface area contributed by atoms with Crippen LogP contribution in [-0.2, 0) is 9.53 Å². The lowest BCUT2D eigenvalue weighted by Gasteiger charge is -1.99. The van der Waals surface area contributed by atoms with Gasteiger partial charge in [-0.2, -0.15) is 0 Å². The van der Waals surface area contributed by atoms with Crippen molar-refractivity contribution in [2.75, 3.05) is 7.11 Å². The molecule has 0 radical (unpaired) electrons. The molecule has 2 nitrogen and oxygen atoms in total. The van der Waals surface area contributed by atoms with Crippen molar-refractivity contribution in [2.45, 2.75) is 40.0 Å². The molecule has 0 heterocycles. The Hall–Kier alpha value is -1.57. The highest BCUT2D eigenvalue weighted by Gasteiger charge is 1.96. The molecule has 0 rings (SSSR count). The van der Waals surface area contributed by atoms with Crippen LogP contribution in [0.5, 0.6) is 0 Å². The van der Waals surface area contributed by atoms with E-state index in [0.29, 0.717) is 0 Å². The molecule has 0 amide bonds. The van der Waals surface area contributed by atoms with Crippen LogP contribution in [0.1, 0.15) is 40.0 Å². The van der Waals surface area contributed by atoms with Gasteiger partial charge < -0.3 is 4.74 Å². The van der Waals surface area contributed by atoms with E-state index in [9.17, 15) is 4.79 Å². The molecule has 2 heteroatoms. The van der Waals surface area contributed by atoms with Crippen LogP contribution in [0.2, 0.25) is 0 Å². The number of carbonyl (C=O) groups is 1. The van der Waals surface area contributed by atoms with E-state index in [1.54, 1.807) is 6.08 Å². The molecule has 0 aliphatic rings. The average molecular weight is 248 g/mol. The third-order valence-corrected chi connectivity index (χ3v) is 2.44. The van der Waals surface area contributed by atoms with Crippen molar-refractivity contribution in [3.63, 3.8) is 0 Å². The van der Waals surface area contributed by atoms with Gasteiger partial charge in [0.05, 0.1) is 7.11 Å². The molecule has 0 saturated carbocycles. The molecule has 0 fully saturated rings. The van der Waals surface area contributed by atoms with Gasteiger partial charge in [-0.1, -0.05) is 41.5 Å². The van der Waals surface area contributed by atoms with E-state index in [4.69, 9.17) is 0 Å². The largest absolute Gasteiger partial charge is 0.466 e. The summed E-state index contributed by atoms with van der Waals surface area (Å²) in [7, 11) is 1.39. The molecule has 0 aromatic rings. The minimum absolute atomic E-state index is 0.280. The van der Waals surface area contributed by atoms with E-state index in [1.165, 1.54) is 12.7 Å². The zero-order valence-corrected chi connectivity index (χ0v) is 12.0. The average Bonchev–Trinajstić information content (AvgIpc) is 2.28. The molecule has 0 unspecified atom stereocenters. The highest BCUT2D eigenvalue weighted by molar-refractivity contribution is 5.82. The van der Waals surface area contributed by atoms with Gasteiger partial charge in [-0.3, -0.25) is 0 Å². The van der Waals surface area contributed by atoms with E-state index < -0.39 is 0 Å². The Bertz CT molecular complexity index is 371. The maximum absolute atomic E-state index is 11.0. The Morgan fingerprint density at radius 2 is 1.89 bits per heavy atom. The van der Waals surface area contributed by atoms with Crippen LogP contribution in [0.3, 0.4) is 0 Å². The Morgan fingerprint density at radius 1 is 1.22 bits per heavy atom. The summed E-state index contributed by atoms with van der Waals surface area (Å²) in [6.45, 7) is 9.86. The zero-order valence-electron chi connectivity index (χ0n) is 12.0. The Balaban J connectivity index is 4.04. The third kappa shape index (κ3) is 9.64. The number of hydrogen-bond donors (Lipinski definition) is 0. The first-order chi connectivity index (χ1) is 8.45. The van der Waals surface area contributed by atoms with Gasteiger partial charge in [0.2, 0.25) is 0 Å². The van der Waals surface area contributed by atoms with E-state index >= 15 is 0 Å². The van der Waals surface area contributed by atoms with Gasteiger partial charge >= 0.3 is 5.97 Å². The highest BCUT2D eigenvalue weighted by Crippen LogP contribution is 2.09. The second-order valence-corrected chi connectivity index (χ2v) is 4.56. The van der Waals surface area contributed by atoms with Crippen LogP contribution >= 0.6 is 0 Å². The van der Waals surface area contributed by atoms with Crippen LogP contribution in [0.25, 0.3) is 0 Å². The molecule has 0 N–H and O–H groups in total. The number of hydrogen-bond acceptors (Lipinski definition) is 2. The molecule has 18 heavy (non-hydrogen) atoms. The van der Waals surface area contributed by atoms with Crippen LogP contribution in [0.4, 0.5) is 0 Å². The predicted molar refractivity (Wildman–Crippen MR) is 77.3 cm³/mol. The summed E-state index contributed by atoms with van der Waals surface area (Å²) in [6, 6.07) is 0. The molecular formula is C16H24O2. The summed E-state index contributed by atoms with van der Waals surface area (Å²) in [5, 5.41) is 0. The lowest BCUT2D eigenvalue weighted by Crippen LogP contribution is -1.95. The first-order valence-corrected chi connectivity index (χ1v) is 6.18. The summed E-state index contributed by atoms with van der Waals surface area (Å²) in [4.78, 5) is 11.0. The fraction of sp³-hybridized carbons (Fsp3) is 0.438. The van der Waals surface area contributed by atoms with Crippen molar-refractivity contribution in [1.29, 1.82) is 0 Å². The van der Waals surface area contributed by atoms with E-state index in [2.05, 4.69) is 30.4 Å². The second-order valence-electron chi connectivity index (χ2n) is 4.56. The van der Waals surface area contributed by atoms with Gasteiger partial charge in [-0.05, 0) is 40.0 Å². The van der Waals surface area contributed by atoms with Crippen molar-refractivity contribution in [1.82, 2.24) is 0 Å². The number of methoxy groups -OCH3 is 1. The number of ether oxygens (including phenoxy) is 1. The summed E-state index contributed by atoms with van der Waals surface area (Å²) < 4.78 is 4.58. The molecule has 0 atom stereocenters.